The number of hydrogen-bond acceptors (Lipinski definition) is 3. The quantitative estimate of drug-likeness (QED) is 0.676. The van der Waals surface area contributed by atoms with E-state index in [9.17, 15) is 4.79 Å². The summed E-state index contributed by atoms with van der Waals surface area (Å²) in [5.74, 6) is 0.281. The van der Waals surface area contributed by atoms with Gasteiger partial charge in [0.05, 0.1) is 13.2 Å². The van der Waals surface area contributed by atoms with Crippen molar-refractivity contribution in [3.63, 3.8) is 0 Å². The van der Waals surface area contributed by atoms with Crippen molar-refractivity contribution in [1.29, 1.82) is 0 Å². The average molecular weight is 242 g/mol. The van der Waals surface area contributed by atoms with Crippen LogP contribution in [0.2, 0.25) is 0 Å². The van der Waals surface area contributed by atoms with Gasteiger partial charge in [-0.05, 0) is 19.5 Å². The molecule has 1 rings (SSSR count). The Balaban J connectivity index is 2.20. The molecule has 0 aromatic rings. The van der Waals surface area contributed by atoms with E-state index < -0.39 is 0 Å². The maximum atomic E-state index is 11.9. The van der Waals surface area contributed by atoms with Crippen LogP contribution in [-0.2, 0) is 9.53 Å². The van der Waals surface area contributed by atoms with Crippen LogP contribution in [0.25, 0.3) is 0 Å². The van der Waals surface area contributed by atoms with Gasteiger partial charge in [0.25, 0.3) is 0 Å². The highest BCUT2D eigenvalue weighted by molar-refractivity contribution is 5.76. The van der Waals surface area contributed by atoms with Crippen molar-refractivity contribution in [3.05, 3.63) is 0 Å². The summed E-state index contributed by atoms with van der Waals surface area (Å²) >= 11 is 0. The van der Waals surface area contributed by atoms with Gasteiger partial charge < -0.3 is 14.5 Å². The molecule has 0 aromatic carbocycles. The fraction of sp³-hybridized carbons (Fsp3) is 0.923. The fourth-order valence-electron chi connectivity index (χ4n) is 2.03. The number of nitrogens with zero attached hydrogens (tertiary/aromatic N) is 2. The van der Waals surface area contributed by atoms with E-state index in [1.54, 1.807) is 0 Å². The number of carbonyl (C=O) groups excluding carboxylic acids is 1. The fourth-order valence-corrected chi connectivity index (χ4v) is 2.03. The van der Waals surface area contributed by atoms with Gasteiger partial charge in [0.1, 0.15) is 0 Å². The van der Waals surface area contributed by atoms with Crippen molar-refractivity contribution < 1.29 is 9.53 Å². The van der Waals surface area contributed by atoms with Crippen molar-refractivity contribution in [3.8, 4) is 0 Å². The lowest BCUT2D eigenvalue weighted by Crippen LogP contribution is -2.42. The number of hydrogen-bond donors (Lipinski definition) is 0. The Morgan fingerprint density at radius 2 is 1.94 bits per heavy atom. The first-order valence-electron chi connectivity index (χ1n) is 6.85. The maximum absolute atomic E-state index is 11.9. The topological polar surface area (TPSA) is 32.8 Å². The molecule has 1 amide bonds. The lowest BCUT2D eigenvalue weighted by Gasteiger charge is -2.28. The Kier molecular flexibility index (Phi) is 7.21. The Morgan fingerprint density at radius 1 is 1.24 bits per heavy atom. The molecular weight excluding hydrogens is 216 g/mol. The Hall–Kier alpha value is -0.610. The second-order valence-electron chi connectivity index (χ2n) is 4.53. The zero-order valence-corrected chi connectivity index (χ0v) is 11.3. The molecule has 4 nitrogen and oxygen atoms in total. The van der Waals surface area contributed by atoms with E-state index in [2.05, 4.69) is 18.7 Å². The van der Waals surface area contributed by atoms with E-state index in [0.29, 0.717) is 19.6 Å². The normalized spacial score (nSPS) is 16.5. The zero-order chi connectivity index (χ0) is 12.5. The molecule has 0 N–H and O–H groups in total. The number of rotatable bonds is 7. The summed E-state index contributed by atoms with van der Waals surface area (Å²) in [6.07, 6.45) is 3.09. The molecule has 0 unspecified atom stereocenters. The molecular formula is C13H26N2O2. The summed E-state index contributed by atoms with van der Waals surface area (Å²) in [7, 11) is 0. The van der Waals surface area contributed by atoms with Crippen LogP contribution in [0.4, 0.5) is 0 Å². The summed E-state index contributed by atoms with van der Waals surface area (Å²) in [6.45, 7) is 10.3. The van der Waals surface area contributed by atoms with Gasteiger partial charge in [-0.15, -0.1) is 0 Å². The number of unbranched alkanes of at least 4 members (excludes halogenated alkanes) is 1. The molecule has 1 heterocycles. The highest BCUT2D eigenvalue weighted by Crippen LogP contribution is 2.02. The van der Waals surface area contributed by atoms with E-state index >= 15 is 0 Å². The monoisotopic (exact) mass is 242 g/mol. The molecule has 0 saturated carbocycles. The minimum atomic E-state index is 0.281. The molecule has 0 aliphatic carbocycles. The molecule has 1 saturated heterocycles. The van der Waals surface area contributed by atoms with E-state index in [-0.39, 0.29) is 5.91 Å². The van der Waals surface area contributed by atoms with Gasteiger partial charge in [-0.25, -0.2) is 0 Å². The van der Waals surface area contributed by atoms with Crippen LogP contribution >= 0.6 is 0 Å². The molecule has 1 aliphatic rings. The van der Waals surface area contributed by atoms with Crippen molar-refractivity contribution >= 4 is 5.91 Å². The molecule has 100 valence electrons. The van der Waals surface area contributed by atoms with Crippen LogP contribution in [0.5, 0.6) is 0 Å². The summed E-state index contributed by atoms with van der Waals surface area (Å²) in [5.41, 5.74) is 0. The lowest BCUT2D eigenvalue weighted by atomic mass is 10.2. The van der Waals surface area contributed by atoms with Gasteiger partial charge in [-0.2, -0.15) is 0 Å². The third-order valence-corrected chi connectivity index (χ3v) is 3.28. The Labute approximate surface area is 105 Å². The van der Waals surface area contributed by atoms with E-state index in [1.807, 2.05) is 4.90 Å². The van der Waals surface area contributed by atoms with E-state index in [4.69, 9.17) is 4.74 Å². The molecule has 1 aliphatic heterocycles. The van der Waals surface area contributed by atoms with Gasteiger partial charge in [-0.3, -0.25) is 4.79 Å². The van der Waals surface area contributed by atoms with Crippen molar-refractivity contribution in [1.82, 2.24) is 9.80 Å². The highest BCUT2D eigenvalue weighted by atomic mass is 16.5. The average Bonchev–Trinajstić information content (AvgIpc) is 2.39. The van der Waals surface area contributed by atoms with Gasteiger partial charge in [0, 0.05) is 26.1 Å². The Bertz CT molecular complexity index is 215. The molecule has 0 radical (unpaired) electrons. The zero-order valence-electron chi connectivity index (χ0n) is 11.3. The van der Waals surface area contributed by atoms with Crippen LogP contribution in [0.3, 0.4) is 0 Å². The standard InChI is InChI=1S/C13H26N2O2/c1-3-5-7-14(4-2)8-6-13(16)15-9-11-17-12-10-15/h3-12H2,1-2H3. The summed E-state index contributed by atoms with van der Waals surface area (Å²) < 4.78 is 5.25. The van der Waals surface area contributed by atoms with Crippen LogP contribution in [0, 0.1) is 0 Å². The molecule has 4 heteroatoms. The second kappa shape index (κ2) is 8.48. The Morgan fingerprint density at radius 3 is 2.53 bits per heavy atom. The largest absolute Gasteiger partial charge is 0.378 e. The van der Waals surface area contributed by atoms with Crippen molar-refractivity contribution in [2.75, 3.05) is 45.9 Å². The third kappa shape index (κ3) is 5.50. The third-order valence-electron chi connectivity index (χ3n) is 3.28. The first-order chi connectivity index (χ1) is 8.27. The van der Waals surface area contributed by atoms with Crippen LogP contribution < -0.4 is 0 Å². The summed E-state index contributed by atoms with van der Waals surface area (Å²) in [6, 6.07) is 0. The van der Waals surface area contributed by atoms with Crippen LogP contribution in [-0.4, -0.2) is 61.6 Å². The van der Waals surface area contributed by atoms with Crippen molar-refractivity contribution in [2.45, 2.75) is 33.1 Å². The number of carbonyl (C=O) groups is 1. The smallest absolute Gasteiger partial charge is 0.224 e. The lowest BCUT2D eigenvalue weighted by molar-refractivity contribution is -0.135. The van der Waals surface area contributed by atoms with Gasteiger partial charge in [0.2, 0.25) is 5.91 Å². The van der Waals surface area contributed by atoms with Gasteiger partial charge in [0.15, 0.2) is 0 Å². The van der Waals surface area contributed by atoms with Crippen molar-refractivity contribution in [2.24, 2.45) is 0 Å². The maximum Gasteiger partial charge on any atom is 0.224 e. The highest BCUT2D eigenvalue weighted by Gasteiger charge is 2.17. The minimum absolute atomic E-state index is 0.281. The van der Waals surface area contributed by atoms with Gasteiger partial charge in [-0.1, -0.05) is 20.3 Å². The van der Waals surface area contributed by atoms with Crippen LogP contribution in [0.1, 0.15) is 33.1 Å². The first-order valence-corrected chi connectivity index (χ1v) is 6.85. The summed E-state index contributed by atoms with van der Waals surface area (Å²) in [5, 5.41) is 0. The second-order valence-corrected chi connectivity index (χ2v) is 4.53. The molecule has 0 spiro atoms. The molecule has 0 bridgehead atoms. The SMILES string of the molecule is CCCCN(CC)CCC(=O)N1CCOCC1. The molecule has 17 heavy (non-hydrogen) atoms. The summed E-state index contributed by atoms with van der Waals surface area (Å²) in [4.78, 5) is 16.2. The van der Waals surface area contributed by atoms with E-state index in [1.165, 1.54) is 12.8 Å². The molecule has 0 aromatic heterocycles. The molecule has 0 atom stereocenters. The number of amides is 1. The van der Waals surface area contributed by atoms with E-state index in [0.717, 1.165) is 32.7 Å². The minimum Gasteiger partial charge on any atom is -0.378 e. The van der Waals surface area contributed by atoms with Gasteiger partial charge >= 0.3 is 0 Å². The predicted molar refractivity (Wildman–Crippen MR) is 69.0 cm³/mol. The molecule has 1 fully saturated rings. The number of ether oxygens (including phenoxy) is 1. The number of morpholine rings is 1. The first kappa shape index (κ1) is 14.5. The predicted octanol–water partition coefficient (Wildman–Crippen LogP) is 1.36. The van der Waals surface area contributed by atoms with Crippen LogP contribution in [0.15, 0.2) is 0 Å².